The number of aryl methyl sites for hydroxylation is 2. The van der Waals surface area contributed by atoms with E-state index < -0.39 is 10.0 Å². The van der Waals surface area contributed by atoms with Crippen molar-refractivity contribution in [1.82, 2.24) is 15.0 Å². The number of benzene rings is 1. The third-order valence-electron chi connectivity index (χ3n) is 5.40. The summed E-state index contributed by atoms with van der Waals surface area (Å²) in [4.78, 5) is 14.3. The molecule has 1 unspecified atom stereocenters. The Morgan fingerprint density at radius 3 is 2.65 bits per heavy atom. The molecule has 4 N–H and O–H groups in total. The van der Waals surface area contributed by atoms with E-state index in [2.05, 4.69) is 9.97 Å². The summed E-state index contributed by atoms with van der Waals surface area (Å²) in [6.45, 7) is 4.50. The number of rotatable bonds is 5. The van der Waals surface area contributed by atoms with Gasteiger partial charge in [0.15, 0.2) is 5.82 Å². The smallest absolute Gasteiger partial charge is 0.238 e. The number of nitrogens with zero attached hydrogens (tertiary/aromatic N) is 3. The van der Waals surface area contributed by atoms with E-state index in [1.807, 2.05) is 13.8 Å². The molecule has 1 aromatic carbocycles. The largest absolute Gasteiger partial charge is 0.382 e. The van der Waals surface area contributed by atoms with Crippen LogP contribution in [0.15, 0.2) is 29.4 Å². The summed E-state index contributed by atoms with van der Waals surface area (Å²) in [5, 5.41) is 6.47. The number of nitrogen functional groups attached to an aromatic ring is 1. The van der Waals surface area contributed by atoms with Gasteiger partial charge in [0.2, 0.25) is 10.0 Å². The highest BCUT2D eigenvalue weighted by atomic mass is 32.2. The molecule has 0 aliphatic carbocycles. The minimum absolute atomic E-state index is 0.0693. The maximum atomic E-state index is 12.4. The van der Waals surface area contributed by atoms with Gasteiger partial charge in [-0.05, 0) is 50.3 Å². The number of anilines is 1. The van der Waals surface area contributed by atoms with Gasteiger partial charge in [0.25, 0.3) is 0 Å². The van der Waals surface area contributed by atoms with E-state index in [0.717, 1.165) is 34.7 Å². The molecule has 3 aromatic rings. The lowest BCUT2D eigenvalue weighted by Gasteiger charge is -2.25. The van der Waals surface area contributed by atoms with Crippen LogP contribution in [0.3, 0.4) is 0 Å². The molecule has 2 aromatic heterocycles. The first kappa shape index (κ1) is 21.8. The highest BCUT2D eigenvalue weighted by Crippen LogP contribution is 2.36. The molecule has 0 radical (unpaired) electrons. The third kappa shape index (κ3) is 4.62. The molecule has 31 heavy (non-hydrogen) atoms. The summed E-state index contributed by atoms with van der Waals surface area (Å²) in [5.74, 6) is 0.296. The molecule has 0 bridgehead atoms. The lowest BCUT2D eigenvalue weighted by molar-refractivity contribution is 0.0165. The molecule has 8 nitrogen and oxygen atoms in total. The first-order valence-corrected chi connectivity index (χ1v) is 12.4. The number of hydrogen-bond donors (Lipinski definition) is 2. The van der Waals surface area contributed by atoms with Crippen molar-refractivity contribution in [2.24, 2.45) is 5.14 Å². The fourth-order valence-corrected chi connectivity index (χ4v) is 5.50. The van der Waals surface area contributed by atoms with E-state index in [9.17, 15) is 8.42 Å². The normalized spacial score (nSPS) is 17.1. The predicted molar refractivity (Wildman–Crippen MR) is 121 cm³/mol. The van der Waals surface area contributed by atoms with Crippen LogP contribution < -0.4 is 10.9 Å². The molecule has 0 amide bonds. The molecule has 4 rings (SSSR count). The van der Waals surface area contributed by atoms with Crippen molar-refractivity contribution in [3.63, 3.8) is 0 Å². The summed E-state index contributed by atoms with van der Waals surface area (Å²) < 4.78 is 30.7. The van der Waals surface area contributed by atoms with Crippen LogP contribution in [0, 0.1) is 13.8 Å². The maximum absolute atomic E-state index is 12.4. The Morgan fingerprint density at radius 1 is 1.19 bits per heavy atom. The highest BCUT2D eigenvalue weighted by molar-refractivity contribution is 7.89. The van der Waals surface area contributed by atoms with Gasteiger partial charge in [0.1, 0.15) is 5.69 Å². The second-order valence-corrected chi connectivity index (χ2v) is 10.5. The zero-order chi connectivity index (χ0) is 22.2. The van der Waals surface area contributed by atoms with Gasteiger partial charge in [-0.25, -0.2) is 28.5 Å². The standard InChI is InChI=1S/C21H25N5O3S2/c1-12-6-7-18(31(23,27)28)15(9-14-5-3-4-8-29-14)19(12)16-10-25-21(22)20(26-16)17-11-24-13(2)30-17/h6-7,10-11,14H,3-5,8-9H2,1-2H3,(H2,22,25)(H2,23,27,28). The highest BCUT2D eigenvalue weighted by Gasteiger charge is 2.25. The third-order valence-corrected chi connectivity index (χ3v) is 7.32. The summed E-state index contributed by atoms with van der Waals surface area (Å²) in [5.41, 5.74) is 9.37. The van der Waals surface area contributed by atoms with E-state index in [-0.39, 0.29) is 11.0 Å². The van der Waals surface area contributed by atoms with Crippen molar-refractivity contribution in [2.75, 3.05) is 12.3 Å². The van der Waals surface area contributed by atoms with Crippen LogP contribution in [0.25, 0.3) is 21.8 Å². The van der Waals surface area contributed by atoms with E-state index in [1.54, 1.807) is 24.5 Å². The van der Waals surface area contributed by atoms with Crippen molar-refractivity contribution in [3.05, 3.63) is 40.7 Å². The topological polar surface area (TPSA) is 134 Å². The van der Waals surface area contributed by atoms with Gasteiger partial charge >= 0.3 is 0 Å². The Kier molecular flexibility index (Phi) is 6.07. The molecular weight excluding hydrogens is 434 g/mol. The number of sulfonamides is 1. The first-order chi connectivity index (χ1) is 14.7. The van der Waals surface area contributed by atoms with Crippen molar-refractivity contribution in [3.8, 4) is 21.8 Å². The Bertz CT molecular complexity index is 1220. The molecule has 1 aliphatic heterocycles. The van der Waals surface area contributed by atoms with Crippen LogP contribution in [0.1, 0.15) is 35.4 Å². The summed E-state index contributed by atoms with van der Waals surface area (Å²) in [7, 11) is -3.93. The SMILES string of the molecule is Cc1ncc(-c2nc(-c3c(C)ccc(S(N)(=O)=O)c3CC3CCCCO3)cnc2N)s1. The quantitative estimate of drug-likeness (QED) is 0.598. The molecule has 1 atom stereocenters. The molecule has 0 saturated carbocycles. The molecule has 1 aliphatic rings. The molecule has 1 fully saturated rings. The van der Waals surface area contributed by atoms with Crippen LogP contribution >= 0.6 is 11.3 Å². The van der Waals surface area contributed by atoms with Crippen molar-refractivity contribution < 1.29 is 13.2 Å². The van der Waals surface area contributed by atoms with E-state index in [4.69, 9.17) is 20.6 Å². The number of ether oxygens (including phenoxy) is 1. The van der Waals surface area contributed by atoms with Crippen LogP contribution in [0.4, 0.5) is 5.82 Å². The van der Waals surface area contributed by atoms with E-state index >= 15 is 0 Å². The minimum Gasteiger partial charge on any atom is -0.382 e. The zero-order valence-electron chi connectivity index (χ0n) is 17.5. The fraction of sp³-hybridized carbons (Fsp3) is 0.381. The molecule has 164 valence electrons. The molecule has 1 saturated heterocycles. The van der Waals surface area contributed by atoms with Crippen LogP contribution in [-0.2, 0) is 21.2 Å². The Morgan fingerprint density at radius 2 is 2.00 bits per heavy atom. The average molecular weight is 460 g/mol. The van der Waals surface area contributed by atoms with Gasteiger partial charge in [-0.15, -0.1) is 11.3 Å². The van der Waals surface area contributed by atoms with Gasteiger partial charge < -0.3 is 10.5 Å². The van der Waals surface area contributed by atoms with Gasteiger partial charge in [-0.2, -0.15) is 0 Å². The second kappa shape index (κ2) is 8.62. The molecular formula is C21H25N5O3S2. The fourth-order valence-electron chi connectivity index (χ4n) is 3.94. The lowest BCUT2D eigenvalue weighted by atomic mass is 9.93. The van der Waals surface area contributed by atoms with E-state index in [0.29, 0.717) is 41.4 Å². The minimum atomic E-state index is -3.93. The predicted octanol–water partition coefficient (Wildman–Crippen LogP) is 3.23. The zero-order valence-corrected chi connectivity index (χ0v) is 19.1. The van der Waals surface area contributed by atoms with Crippen LogP contribution in [-0.4, -0.2) is 36.1 Å². The van der Waals surface area contributed by atoms with Crippen LogP contribution in [0.2, 0.25) is 0 Å². The Balaban J connectivity index is 1.89. The summed E-state index contributed by atoms with van der Waals surface area (Å²) in [6, 6.07) is 3.30. The lowest BCUT2D eigenvalue weighted by Crippen LogP contribution is -2.24. The monoisotopic (exact) mass is 459 g/mol. The summed E-state index contributed by atoms with van der Waals surface area (Å²) >= 11 is 1.47. The van der Waals surface area contributed by atoms with Gasteiger partial charge in [0, 0.05) is 24.8 Å². The summed E-state index contributed by atoms with van der Waals surface area (Å²) in [6.07, 6.45) is 6.59. The van der Waals surface area contributed by atoms with Crippen LogP contribution in [0.5, 0.6) is 0 Å². The molecule has 10 heteroatoms. The molecule has 3 heterocycles. The van der Waals surface area contributed by atoms with Gasteiger partial charge in [0.05, 0.1) is 32.8 Å². The van der Waals surface area contributed by atoms with Crippen molar-refractivity contribution in [1.29, 1.82) is 0 Å². The average Bonchev–Trinajstić information content (AvgIpc) is 3.15. The van der Waals surface area contributed by atoms with Crippen molar-refractivity contribution >= 4 is 27.2 Å². The number of thiazole rings is 1. The van der Waals surface area contributed by atoms with E-state index in [1.165, 1.54) is 11.3 Å². The number of hydrogen-bond acceptors (Lipinski definition) is 8. The number of primary sulfonamides is 1. The van der Waals surface area contributed by atoms with Gasteiger partial charge in [-0.3, -0.25) is 0 Å². The maximum Gasteiger partial charge on any atom is 0.238 e. The van der Waals surface area contributed by atoms with Gasteiger partial charge in [-0.1, -0.05) is 6.07 Å². The molecule has 0 spiro atoms. The van der Waals surface area contributed by atoms with Crippen molar-refractivity contribution in [2.45, 2.75) is 50.5 Å². The Hall–Kier alpha value is -2.40. The Labute approximate surface area is 185 Å². The first-order valence-electron chi connectivity index (χ1n) is 10.1. The second-order valence-electron chi connectivity index (χ2n) is 7.70. The number of nitrogens with two attached hydrogens (primary N) is 2. The number of aromatic nitrogens is 3.